The van der Waals surface area contributed by atoms with Gasteiger partial charge in [0.2, 0.25) is 10.0 Å². The van der Waals surface area contributed by atoms with Crippen molar-refractivity contribution < 1.29 is 17.9 Å². The van der Waals surface area contributed by atoms with Gasteiger partial charge in [-0.1, -0.05) is 60.7 Å². The number of benzene rings is 3. The quantitative estimate of drug-likeness (QED) is 0.541. The minimum atomic E-state index is -3.69. The molecule has 0 saturated heterocycles. The Morgan fingerprint density at radius 3 is 2.15 bits per heavy atom. The van der Waals surface area contributed by atoms with Crippen LogP contribution in [0.15, 0.2) is 72.8 Å². The van der Waals surface area contributed by atoms with Crippen LogP contribution in [0.5, 0.6) is 11.5 Å². The highest BCUT2D eigenvalue weighted by Gasteiger charge is 2.29. The highest BCUT2D eigenvalue weighted by atomic mass is 32.2. The first-order chi connectivity index (χ1) is 15.9. The number of hydrogen-bond acceptors (Lipinski definition) is 5. The molecule has 6 nitrogen and oxygen atoms in total. The number of anilines is 1. The summed E-state index contributed by atoms with van der Waals surface area (Å²) in [6.07, 6.45) is 0.720. The largest absolute Gasteiger partial charge is 0.496 e. The molecule has 4 rings (SSSR count). The number of sulfonamides is 1. The van der Waals surface area contributed by atoms with Gasteiger partial charge >= 0.3 is 0 Å². The summed E-state index contributed by atoms with van der Waals surface area (Å²) >= 11 is 0. The summed E-state index contributed by atoms with van der Waals surface area (Å²) in [5, 5.41) is 0. The molecule has 0 radical (unpaired) electrons. The van der Waals surface area contributed by atoms with Gasteiger partial charge in [-0.2, -0.15) is 0 Å². The maximum absolute atomic E-state index is 13.4. The van der Waals surface area contributed by atoms with Crippen molar-refractivity contribution in [3.05, 3.63) is 89.5 Å². The second-order valence-electron chi connectivity index (χ2n) is 8.51. The van der Waals surface area contributed by atoms with Crippen LogP contribution >= 0.6 is 0 Å². The molecule has 0 unspecified atom stereocenters. The van der Waals surface area contributed by atoms with Crippen LogP contribution in [0.25, 0.3) is 0 Å². The Balaban J connectivity index is 1.64. The molecular formula is C26H30N2O4S. The Labute approximate surface area is 196 Å². The molecule has 0 aromatic heterocycles. The number of nitrogens with zero attached hydrogens (tertiary/aromatic N) is 1. The number of ether oxygens (including phenoxy) is 2. The van der Waals surface area contributed by atoms with Crippen molar-refractivity contribution in [2.75, 3.05) is 38.3 Å². The number of fused-ring (bicyclic) bond motifs is 1. The van der Waals surface area contributed by atoms with Crippen molar-refractivity contribution in [1.29, 1.82) is 0 Å². The molecule has 0 spiro atoms. The first-order valence-corrected chi connectivity index (χ1v) is 12.6. The van der Waals surface area contributed by atoms with E-state index in [1.54, 1.807) is 19.2 Å². The Hall–Kier alpha value is -3.03. The van der Waals surface area contributed by atoms with Crippen molar-refractivity contribution in [2.24, 2.45) is 0 Å². The Bertz CT molecular complexity index is 1140. The van der Waals surface area contributed by atoms with E-state index in [2.05, 4.69) is 9.62 Å². The average Bonchev–Trinajstić information content (AvgIpc) is 2.83. The molecule has 1 heterocycles. The fraction of sp³-hybridized carbons (Fsp3) is 0.308. The molecule has 0 saturated carbocycles. The van der Waals surface area contributed by atoms with E-state index >= 15 is 0 Å². The van der Waals surface area contributed by atoms with E-state index < -0.39 is 10.0 Å². The smallest absolute Gasteiger partial charge is 0.233 e. The second kappa shape index (κ2) is 9.85. The number of likely N-dealkylation sites (N-methyl/N-ethyl adjacent to an activating group) is 1. The van der Waals surface area contributed by atoms with Crippen molar-refractivity contribution >= 4 is 15.7 Å². The van der Waals surface area contributed by atoms with Crippen LogP contribution in [0.4, 0.5) is 5.69 Å². The third-order valence-corrected chi connectivity index (χ3v) is 7.39. The molecule has 1 aliphatic rings. The van der Waals surface area contributed by atoms with Gasteiger partial charge in [-0.25, -0.2) is 8.42 Å². The summed E-state index contributed by atoms with van der Waals surface area (Å²) in [5.74, 6) is 0.873. The molecule has 1 atom stereocenters. The fourth-order valence-electron chi connectivity index (χ4n) is 4.23. The monoisotopic (exact) mass is 466 g/mol. The lowest BCUT2D eigenvalue weighted by Gasteiger charge is -2.32. The lowest BCUT2D eigenvalue weighted by molar-refractivity contribution is 0.164. The Kier molecular flexibility index (Phi) is 6.91. The molecule has 33 heavy (non-hydrogen) atoms. The SMILES string of the molecule is COc1ccc(NS(=O)(=O)CC(c2ccccc2)c2ccccc2)c2c1C[C@@H](N(C)C)CO2. The third-order valence-electron chi connectivity index (χ3n) is 6.08. The standard InChI is InChI=1S/C26H30N2O4S/c1-28(2)21-16-22-25(31-3)15-14-24(26(22)32-17-21)27-33(29,30)18-23(19-10-6-4-7-11-19)20-12-8-5-9-13-20/h4-15,21,23,27H,16-18H2,1-3H3/t21-/m1/s1. The fourth-order valence-corrected chi connectivity index (χ4v) is 5.63. The third kappa shape index (κ3) is 5.31. The van der Waals surface area contributed by atoms with Gasteiger partial charge < -0.3 is 14.4 Å². The van der Waals surface area contributed by atoms with Gasteiger partial charge in [0, 0.05) is 17.5 Å². The van der Waals surface area contributed by atoms with E-state index in [1.807, 2.05) is 74.8 Å². The molecule has 0 bridgehead atoms. The van der Waals surface area contributed by atoms with Gasteiger partial charge in [-0.3, -0.25) is 4.72 Å². The van der Waals surface area contributed by atoms with Crippen LogP contribution in [-0.2, 0) is 16.4 Å². The predicted molar refractivity (Wildman–Crippen MR) is 132 cm³/mol. The zero-order chi connectivity index (χ0) is 23.4. The lowest BCUT2D eigenvalue weighted by Crippen LogP contribution is -2.38. The van der Waals surface area contributed by atoms with Crippen molar-refractivity contribution in [3.63, 3.8) is 0 Å². The predicted octanol–water partition coefficient (Wildman–Crippen LogP) is 4.13. The number of rotatable bonds is 8. The van der Waals surface area contributed by atoms with E-state index in [9.17, 15) is 8.42 Å². The Morgan fingerprint density at radius 2 is 1.61 bits per heavy atom. The number of nitrogens with one attached hydrogen (secondary N) is 1. The molecule has 1 aliphatic heterocycles. The van der Waals surface area contributed by atoms with Crippen LogP contribution in [0.3, 0.4) is 0 Å². The molecule has 3 aromatic rings. The van der Waals surface area contributed by atoms with Gasteiger partial charge in [-0.05, 0) is 43.8 Å². The van der Waals surface area contributed by atoms with E-state index in [0.717, 1.165) is 23.1 Å². The van der Waals surface area contributed by atoms with E-state index in [0.29, 0.717) is 23.8 Å². The summed E-state index contributed by atoms with van der Waals surface area (Å²) in [5.41, 5.74) is 3.24. The molecule has 7 heteroatoms. The lowest BCUT2D eigenvalue weighted by atomic mass is 9.93. The van der Waals surface area contributed by atoms with Crippen LogP contribution < -0.4 is 14.2 Å². The van der Waals surface area contributed by atoms with Gasteiger partial charge in [0.1, 0.15) is 18.1 Å². The Morgan fingerprint density at radius 1 is 1.00 bits per heavy atom. The minimum absolute atomic E-state index is 0.0812. The van der Waals surface area contributed by atoms with E-state index in [1.165, 1.54) is 0 Å². The first-order valence-electron chi connectivity index (χ1n) is 11.0. The molecule has 3 aromatic carbocycles. The van der Waals surface area contributed by atoms with Crippen molar-refractivity contribution in [1.82, 2.24) is 4.90 Å². The summed E-state index contributed by atoms with van der Waals surface area (Å²) < 4.78 is 41.1. The van der Waals surface area contributed by atoms with Gasteiger partial charge in [0.05, 0.1) is 18.6 Å². The zero-order valence-corrected chi connectivity index (χ0v) is 20.0. The zero-order valence-electron chi connectivity index (χ0n) is 19.2. The topological polar surface area (TPSA) is 67.9 Å². The summed E-state index contributed by atoms with van der Waals surface area (Å²) in [4.78, 5) is 2.10. The second-order valence-corrected chi connectivity index (χ2v) is 10.3. The van der Waals surface area contributed by atoms with Gasteiger partial charge in [-0.15, -0.1) is 0 Å². The molecular weight excluding hydrogens is 436 g/mol. The molecule has 0 amide bonds. The van der Waals surface area contributed by atoms with Crippen molar-refractivity contribution in [3.8, 4) is 11.5 Å². The van der Waals surface area contributed by atoms with E-state index in [4.69, 9.17) is 9.47 Å². The highest BCUT2D eigenvalue weighted by molar-refractivity contribution is 7.92. The summed E-state index contributed by atoms with van der Waals surface area (Å²) in [6, 6.07) is 23.1. The minimum Gasteiger partial charge on any atom is -0.496 e. The molecule has 0 fully saturated rings. The van der Waals surface area contributed by atoms with Crippen LogP contribution in [0, 0.1) is 0 Å². The molecule has 0 aliphatic carbocycles. The highest BCUT2D eigenvalue weighted by Crippen LogP contribution is 2.40. The maximum Gasteiger partial charge on any atom is 0.233 e. The van der Waals surface area contributed by atoms with Crippen LogP contribution in [-0.4, -0.2) is 52.9 Å². The van der Waals surface area contributed by atoms with Crippen LogP contribution in [0.1, 0.15) is 22.6 Å². The maximum atomic E-state index is 13.4. The number of hydrogen-bond donors (Lipinski definition) is 1. The van der Waals surface area contributed by atoms with Crippen molar-refractivity contribution in [2.45, 2.75) is 18.4 Å². The van der Waals surface area contributed by atoms with E-state index in [-0.39, 0.29) is 17.7 Å². The summed E-state index contributed by atoms with van der Waals surface area (Å²) in [6.45, 7) is 0.485. The van der Waals surface area contributed by atoms with Gasteiger partial charge in [0.25, 0.3) is 0 Å². The van der Waals surface area contributed by atoms with Crippen LogP contribution in [0.2, 0.25) is 0 Å². The van der Waals surface area contributed by atoms with Gasteiger partial charge in [0.15, 0.2) is 0 Å². The summed E-state index contributed by atoms with van der Waals surface area (Å²) in [7, 11) is 1.93. The molecule has 174 valence electrons. The average molecular weight is 467 g/mol. The molecule has 1 N–H and O–H groups in total. The first kappa shape index (κ1) is 23.1. The number of methoxy groups -OCH3 is 1. The normalized spacial score (nSPS) is 15.7.